The molecule has 1 heterocycles. The summed E-state index contributed by atoms with van der Waals surface area (Å²) in [7, 11) is 0. The van der Waals surface area contributed by atoms with E-state index in [9.17, 15) is 14.4 Å². The van der Waals surface area contributed by atoms with Crippen LogP contribution in [0.2, 0.25) is 0 Å². The topological polar surface area (TPSA) is 87.3 Å². The molecule has 3 amide bonds. The largest absolute Gasteiger partial charge is 0.343 e. The molecule has 1 atom stereocenters. The Morgan fingerprint density at radius 2 is 2.19 bits per heavy atom. The summed E-state index contributed by atoms with van der Waals surface area (Å²) in [5, 5.41) is 7.71. The van der Waals surface area contributed by atoms with Gasteiger partial charge in [0.25, 0.3) is 0 Å². The van der Waals surface area contributed by atoms with Crippen molar-refractivity contribution < 1.29 is 14.4 Å². The van der Waals surface area contributed by atoms with Crippen LogP contribution in [0.1, 0.15) is 26.7 Å². The van der Waals surface area contributed by atoms with Gasteiger partial charge in [-0.3, -0.25) is 19.7 Å². The Kier molecular flexibility index (Phi) is 4.42. The van der Waals surface area contributed by atoms with E-state index in [1.165, 1.54) is 0 Å². The lowest BCUT2D eigenvalue weighted by molar-refractivity contribution is -0.137. The maximum Gasteiger partial charge on any atom is 0.249 e. The first kappa shape index (κ1) is 12.6. The standard InChI is InChI=1S/C10H17N3O3/c1-6(2)11-5-9(15)12-7-3-4-8(14)13-10(7)16/h6-7,11H,3-5H2,1-2H3,(H,12,15)(H,13,14,16). The minimum absolute atomic E-state index is 0.176. The van der Waals surface area contributed by atoms with Crippen LogP contribution in [0.4, 0.5) is 0 Å². The maximum absolute atomic E-state index is 11.4. The first-order valence-corrected chi connectivity index (χ1v) is 5.35. The summed E-state index contributed by atoms with van der Waals surface area (Å²) < 4.78 is 0. The second kappa shape index (κ2) is 5.60. The molecular formula is C10H17N3O3. The van der Waals surface area contributed by atoms with E-state index in [1.54, 1.807) is 0 Å². The van der Waals surface area contributed by atoms with Crippen molar-refractivity contribution in [2.24, 2.45) is 0 Å². The molecule has 90 valence electrons. The molecule has 0 bridgehead atoms. The molecule has 16 heavy (non-hydrogen) atoms. The molecule has 0 aromatic heterocycles. The number of rotatable bonds is 4. The van der Waals surface area contributed by atoms with Gasteiger partial charge in [-0.2, -0.15) is 0 Å². The first-order chi connectivity index (χ1) is 7.49. The fourth-order valence-corrected chi connectivity index (χ4v) is 1.37. The first-order valence-electron chi connectivity index (χ1n) is 5.35. The van der Waals surface area contributed by atoms with Crippen LogP contribution in [0, 0.1) is 0 Å². The molecule has 6 heteroatoms. The molecule has 0 radical (unpaired) electrons. The smallest absolute Gasteiger partial charge is 0.249 e. The Labute approximate surface area is 94.2 Å². The Morgan fingerprint density at radius 1 is 1.50 bits per heavy atom. The minimum atomic E-state index is -0.584. The highest BCUT2D eigenvalue weighted by molar-refractivity contribution is 6.01. The number of piperidine rings is 1. The normalized spacial score (nSPS) is 20.8. The summed E-state index contributed by atoms with van der Waals surface area (Å²) in [5.41, 5.74) is 0. The monoisotopic (exact) mass is 227 g/mol. The van der Waals surface area contributed by atoms with Crippen molar-refractivity contribution in [1.29, 1.82) is 0 Å². The Balaban J connectivity index is 2.33. The van der Waals surface area contributed by atoms with Gasteiger partial charge in [0.1, 0.15) is 6.04 Å². The molecule has 0 aromatic rings. The third-order valence-corrected chi connectivity index (χ3v) is 2.25. The van der Waals surface area contributed by atoms with Gasteiger partial charge in [-0.05, 0) is 6.42 Å². The Bertz CT molecular complexity index is 302. The fourth-order valence-electron chi connectivity index (χ4n) is 1.37. The number of carbonyl (C=O) groups excluding carboxylic acids is 3. The zero-order chi connectivity index (χ0) is 12.1. The van der Waals surface area contributed by atoms with Gasteiger partial charge in [-0.1, -0.05) is 13.8 Å². The number of imide groups is 1. The summed E-state index contributed by atoms with van der Waals surface area (Å²) in [5.74, 6) is -0.937. The highest BCUT2D eigenvalue weighted by atomic mass is 16.2. The van der Waals surface area contributed by atoms with Crippen molar-refractivity contribution in [2.45, 2.75) is 38.8 Å². The van der Waals surface area contributed by atoms with Gasteiger partial charge in [0.2, 0.25) is 17.7 Å². The number of carbonyl (C=O) groups is 3. The zero-order valence-electron chi connectivity index (χ0n) is 9.50. The van der Waals surface area contributed by atoms with Crippen molar-refractivity contribution in [1.82, 2.24) is 16.0 Å². The average molecular weight is 227 g/mol. The maximum atomic E-state index is 11.4. The molecule has 1 aliphatic heterocycles. The van der Waals surface area contributed by atoms with E-state index < -0.39 is 11.9 Å². The predicted octanol–water partition coefficient (Wildman–Crippen LogP) is -1.09. The van der Waals surface area contributed by atoms with Crippen LogP contribution in [-0.2, 0) is 14.4 Å². The van der Waals surface area contributed by atoms with E-state index in [4.69, 9.17) is 0 Å². The van der Waals surface area contributed by atoms with Crippen LogP contribution in [0.25, 0.3) is 0 Å². The van der Waals surface area contributed by atoms with E-state index in [-0.39, 0.29) is 30.8 Å². The van der Waals surface area contributed by atoms with Gasteiger partial charge in [0.05, 0.1) is 6.54 Å². The highest BCUT2D eigenvalue weighted by Crippen LogP contribution is 2.03. The third-order valence-electron chi connectivity index (χ3n) is 2.25. The van der Waals surface area contributed by atoms with Crippen LogP contribution in [0.15, 0.2) is 0 Å². The van der Waals surface area contributed by atoms with Crippen LogP contribution in [0.5, 0.6) is 0 Å². The average Bonchev–Trinajstić information content (AvgIpc) is 2.19. The van der Waals surface area contributed by atoms with Gasteiger partial charge in [0.15, 0.2) is 0 Å². The molecule has 0 aromatic carbocycles. The number of amides is 3. The fraction of sp³-hybridized carbons (Fsp3) is 0.700. The third kappa shape index (κ3) is 3.98. The lowest BCUT2D eigenvalue weighted by Crippen LogP contribution is -2.53. The summed E-state index contributed by atoms with van der Waals surface area (Å²) in [4.78, 5) is 33.6. The van der Waals surface area contributed by atoms with Crippen LogP contribution in [-0.4, -0.2) is 36.3 Å². The molecule has 1 saturated heterocycles. The number of nitrogens with one attached hydrogen (secondary N) is 3. The summed E-state index contributed by atoms with van der Waals surface area (Å²) in [6.07, 6.45) is 0.645. The molecule has 0 aliphatic carbocycles. The molecule has 1 aliphatic rings. The van der Waals surface area contributed by atoms with E-state index in [2.05, 4.69) is 16.0 Å². The van der Waals surface area contributed by atoms with E-state index in [0.717, 1.165) is 0 Å². The van der Waals surface area contributed by atoms with Crippen LogP contribution >= 0.6 is 0 Å². The Hall–Kier alpha value is -1.43. The zero-order valence-corrected chi connectivity index (χ0v) is 9.50. The van der Waals surface area contributed by atoms with Crippen molar-refractivity contribution in [3.05, 3.63) is 0 Å². The minimum Gasteiger partial charge on any atom is -0.343 e. The van der Waals surface area contributed by atoms with Gasteiger partial charge in [-0.25, -0.2) is 0 Å². The molecule has 0 spiro atoms. The van der Waals surface area contributed by atoms with Crippen molar-refractivity contribution in [3.63, 3.8) is 0 Å². The molecular weight excluding hydrogens is 210 g/mol. The number of hydrogen-bond acceptors (Lipinski definition) is 4. The second-order valence-electron chi connectivity index (χ2n) is 4.11. The van der Waals surface area contributed by atoms with Gasteiger partial charge < -0.3 is 10.6 Å². The molecule has 6 nitrogen and oxygen atoms in total. The number of hydrogen-bond donors (Lipinski definition) is 3. The molecule has 3 N–H and O–H groups in total. The van der Waals surface area contributed by atoms with Crippen molar-refractivity contribution >= 4 is 17.7 Å². The quantitative estimate of drug-likeness (QED) is 0.532. The lowest BCUT2D eigenvalue weighted by atomic mass is 10.1. The van der Waals surface area contributed by atoms with E-state index in [1.807, 2.05) is 13.8 Å². The molecule has 0 saturated carbocycles. The molecule has 1 rings (SSSR count). The molecule has 1 unspecified atom stereocenters. The van der Waals surface area contributed by atoms with Gasteiger partial charge in [-0.15, -0.1) is 0 Å². The second-order valence-corrected chi connectivity index (χ2v) is 4.11. The van der Waals surface area contributed by atoms with Crippen molar-refractivity contribution in [3.8, 4) is 0 Å². The SMILES string of the molecule is CC(C)NCC(=O)NC1CCC(=O)NC1=O. The highest BCUT2D eigenvalue weighted by Gasteiger charge is 2.27. The Morgan fingerprint density at radius 3 is 2.75 bits per heavy atom. The van der Waals surface area contributed by atoms with Crippen LogP contribution < -0.4 is 16.0 Å². The lowest BCUT2D eigenvalue weighted by Gasteiger charge is -2.22. The van der Waals surface area contributed by atoms with Gasteiger partial charge in [0, 0.05) is 12.5 Å². The predicted molar refractivity (Wildman–Crippen MR) is 57.5 cm³/mol. The summed E-state index contributed by atoms with van der Waals surface area (Å²) in [6.45, 7) is 4.04. The van der Waals surface area contributed by atoms with Crippen molar-refractivity contribution in [2.75, 3.05) is 6.54 Å². The summed E-state index contributed by atoms with van der Waals surface area (Å²) in [6, 6.07) is -0.369. The van der Waals surface area contributed by atoms with E-state index in [0.29, 0.717) is 6.42 Å². The summed E-state index contributed by atoms with van der Waals surface area (Å²) >= 11 is 0. The van der Waals surface area contributed by atoms with Gasteiger partial charge >= 0.3 is 0 Å². The van der Waals surface area contributed by atoms with E-state index >= 15 is 0 Å². The molecule has 1 fully saturated rings. The van der Waals surface area contributed by atoms with Crippen LogP contribution in [0.3, 0.4) is 0 Å².